The molecular formula is C18H34N2. The van der Waals surface area contributed by atoms with Crippen LogP contribution in [0.3, 0.4) is 0 Å². The second-order valence-corrected chi connectivity index (χ2v) is 7.54. The van der Waals surface area contributed by atoms with Crippen molar-refractivity contribution in [2.75, 3.05) is 0 Å². The molecule has 116 valence electrons. The zero-order valence-corrected chi connectivity index (χ0v) is 14.6. The van der Waals surface area contributed by atoms with Gasteiger partial charge < -0.3 is 11.5 Å². The number of hydrogen-bond acceptors (Lipinski definition) is 2. The van der Waals surface area contributed by atoms with E-state index in [-0.39, 0.29) is 6.04 Å². The molecule has 0 saturated carbocycles. The molecule has 0 aromatic rings. The lowest BCUT2D eigenvalue weighted by Crippen LogP contribution is -2.63. The number of hydrogen-bond donors (Lipinski definition) is 2. The van der Waals surface area contributed by atoms with Crippen molar-refractivity contribution in [3.63, 3.8) is 0 Å². The maximum atomic E-state index is 6.85. The molecule has 0 aliphatic heterocycles. The molecule has 0 saturated heterocycles. The van der Waals surface area contributed by atoms with Gasteiger partial charge in [0.1, 0.15) is 0 Å². The summed E-state index contributed by atoms with van der Waals surface area (Å²) in [4.78, 5) is 0. The minimum absolute atomic E-state index is 0.0812. The predicted molar refractivity (Wildman–Crippen MR) is 89.4 cm³/mol. The fourth-order valence-corrected chi connectivity index (χ4v) is 3.54. The van der Waals surface area contributed by atoms with Gasteiger partial charge in [-0.05, 0) is 40.4 Å². The Bertz CT molecular complexity index is 413. The molecule has 1 aliphatic carbocycles. The van der Waals surface area contributed by atoms with Crippen molar-refractivity contribution in [3.05, 3.63) is 22.8 Å². The zero-order valence-electron chi connectivity index (χ0n) is 14.6. The van der Waals surface area contributed by atoms with Crippen molar-refractivity contribution in [1.82, 2.24) is 0 Å². The molecule has 20 heavy (non-hydrogen) atoms. The largest absolute Gasteiger partial charge is 0.322 e. The summed E-state index contributed by atoms with van der Waals surface area (Å²) in [5, 5.41) is 0. The Morgan fingerprint density at radius 1 is 0.900 bits per heavy atom. The van der Waals surface area contributed by atoms with Gasteiger partial charge in [-0.1, -0.05) is 61.5 Å². The highest BCUT2D eigenvalue weighted by atomic mass is 14.9. The van der Waals surface area contributed by atoms with E-state index in [9.17, 15) is 0 Å². The van der Waals surface area contributed by atoms with Gasteiger partial charge in [-0.25, -0.2) is 0 Å². The summed E-state index contributed by atoms with van der Waals surface area (Å²) in [6.07, 6.45) is 2.36. The lowest BCUT2D eigenvalue weighted by atomic mass is 9.63. The SMILES string of the molecule is CC(C)C1=CC(C(C)C)=C(C(C)C)C(N)C1(N)C(C)C. The van der Waals surface area contributed by atoms with Crippen molar-refractivity contribution in [2.45, 2.75) is 67.0 Å². The van der Waals surface area contributed by atoms with Crippen molar-refractivity contribution >= 4 is 0 Å². The Kier molecular flexibility index (Phi) is 5.26. The minimum Gasteiger partial charge on any atom is -0.322 e. The first kappa shape index (κ1) is 17.5. The Hall–Kier alpha value is -0.600. The first-order valence-corrected chi connectivity index (χ1v) is 8.05. The average molecular weight is 278 g/mol. The van der Waals surface area contributed by atoms with Crippen LogP contribution in [0.2, 0.25) is 0 Å². The molecule has 0 amide bonds. The fourth-order valence-electron chi connectivity index (χ4n) is 3.54. The fraction of sp³-hybridized carbons (Fsp3) is 0.778. The lowest BCUT2D eigenvalue weighted by molar-refractivity contribution is 0.286. The third-order valence-corrected chi connectivity index (χ3v) is 4.82. The van der Waals surface area contributed by atoms with Gasteiger partial charge in [-0.3, -0.25) is 0 Å². The van der Waals surface area contributed by atoms with Gasteiger partial charge in [-0.2, -0.15) is 0 Å². The quantitative estimate of drug-likeness (QED) is 0.820. The Morgan fingerprint density at radius 2 is 1.40 bits per heavy atom. The van der Waals surface area contributed by atoms with Crippen LogP contribution in [-0.4, -0.2) is 11.6 Å². The predicted octanol–water partition coefficient (Wildman–Crippen LogP) is 3.87. The molecule has 2 unspecified atom stereocenters. The van der Waals surface area contributed by atoms with Crippen LogP contribution in [0.25, 0.3) is 0 Å². The molecule has 1 aliphatic rings. The first-order chi connectivity index (χ1) is 9.05. The van der Waals surface area contributed by atoms with Crippen LogP contribution in [0.5, 0.6) is 0 Å². The summed E-state index contributed by atoms with van der Waals surface area (Å²) in [5.74, 6) is 1.68. The van der Waals surface area contributed by atoms with Crippen LogP contribution < -0.4 is 11.5 Å². The minimum atomic E-state index is -0.424. The van der Waals surface area contributed by atoms with Crippen LogP contribution in [0.4, 0.5) is 0 Å². The van der Waals surface area contributed by atoms with Crippen LogP contribution in [0.1, 0.15) is 55.4 Å². The van der Waals surface area contributed by atoms with Gasteiger partial charge >= 0.3 is 0 Å². The van der Waals surface area contributed by atoms with Crippen molar-refractivity contribution in [1.29, 1.82) is 0 Å². The highest BCUT2D eigenvalue weighted by molar-refractivity contribution is 5.47. The highest BCUT2D eigenvalue weighted by Crippen LogP contribution is 2.42. The maximum absolute atomic E-state index is 6.85. The smallest absolute Gasteiger partial charge is 0.0590 e. The molecule has 4 N–H and O–H groups in total. The molecular weight excluding hydrogens is 244 g/mol. The van der Waals surface area contributed by atoms with E-state index < -0.39 is 5.54 Å². The van der Waals surface area contributed by atoms with E-state index in [1.54, 1.807) is 0 Å². The topological polar surface area (TPSA) is 52.0 Å². The molecule has 1 rings (SSSR count). The molecule has 2 heteroatoms. The van der Waals surface area contributed by atoms with Crippen molar-refractivity contribution in [2.24, 2.45) is 35.1 Å². The Morgan fingerprint density at radius 3 is 1.70 bits per heavy atom. The summed E-state index contributed by atoms with van der Waals surface area (Å²) in [5.41, 5.74) is 17.2. The number of nitrogens with two attached hydrogens (primary N) is 2. The van der Waals surface area contributed by atoms with Crippen LogP contribution in [0, 0.1) is 23.7 Å². The van der Waals surface area contributed by atoms with Gasteiger partial charge in [0.25, 0.3) is 0 Å². The Balaban J connectivity index is 3.57. The third-order valence-electron chi connectivity index (χ3n) is 4.82. The third kappa shape index (κ3) is 2.73. The second kappa shape index (κ2) is 6.03. The summed E-state index contributed by atoms with van der Waals surface area (Å²) >= 11 is 0. The second-order valence-electron chi connectivity index (χ2n) is 7.54. The summed E-state index contributed by atoms with van der Waals surface area (Å²) < 4.78 is 0. The average Bonchev–Trinajstić information content (AvgIpc) is 2.30. The van der Waals surface area contributed by atoms with Gasteiger partial charge in [0.15, 0.2) is 0 Å². The summed E-state index contributed by atoms with van der Waals surface area (Å²) in [6, 6.07) is -0.0812. The molecule has 0 fully saturated rings. The first-order valence-electron chi connectivity index (χ1n) is 8.05. The molecule has 0 heterocycles. The van der Waals surface area contributed by atoms with Gasteiger partial charge in [0, 0.05) is 6.04 Å². The zero-order chi connectivity index (χ0) is 15.8. The van der Waals surface area contributed by atoms with Crippen LogP contribution in [0.15, 0.2) is 22.8 Å². The summed E-state index contributed by atoms with van der Waals surface area (Å²) in [7, 11) is 0. The van der Waals surface area contributed by atoms with Crippen LogP contribution in [-0.2, 0) is 0 Å². The molecule has 0 spiro atoms. The molecule has 0 bridgehead atoms. The van der Waals surface area contributed by atoms with E-state index in [1.807, 2.05) is 0 Å². The molecule has 0 aromatic heterocycles. The Labute approximate surface area is 125 Å². The monoisotopic (exact) mass is 278 g/mol. The molecule has 2 atom stereocenters. The number of allylic oxidation sites excluding steroid dienone is 2. The van der Waals surface area contributed by atoms with E-state index in [4.69, 9.17) is 11.5 Å². The van der Waals surface area contributed by atoms with Gasteiger partial charge in [-0.15, -0.1) is 0 Å². The normalized spacial score (nSPS) is 28.1. The van der Waals surface area contributed by atoms with Crippen molar-refractivity contribution < 1.29 is 0 Å². The van der Waals surface area contributed by atoms with E-state index >= 15 is 0 Å². The standard InChI is InChI=1S/C18H34N2/c1-10(2)14-9-15(11(3)4)18(20,13(7)8)17(19)16(14)12(5)6/h9-13,17H,19-20H2,1-8H3. The maximum Gasteiger partial charge on any atom is 0.0590 e. The molecule has 2 nitrogen and oxygen atoms in total. The highest BCUT2D eigenvalue weighted by Gasteiger charge is 2.45. The molecule has 0 aromatic carbocycles. The van der Waals surface area contributed by atoms with E-state index in [2.05, 4.69) is 61.5 Å². The number of rotatable bonds is 4. The summed E-state index contributed by atoms with van der Waals surface area (Å²) in [6.45, 7) is 17.8. The lowest BCUT2D eigenvalue weighted by Gasteiger charge is -2.48. The van der Waals surface area contributed by atoms with Crippen molar-refractivity contribution in [3.8, 4) is 0 Å². The van der Waals surface area contributed by atoms with E-state index in [0.717, 1.165) is 0 Å². The van der Waals surface area contributed by atoms with E-state index in [0.29, 0.717) is 23.7 Å². The molecule has 0 radical (unpaired) electrons. The van der Waals surface area contributed by atoms with Gasteiger partial charge in [0.2, 0.25) is 0 Å². The van der Waals surface area contributed by atoms with Gasteiger partial charge in [0.05, 0.1) is 5.54 Å². The van der Waals surface area contributed by atoms with Crippen LogP contribution >= 0.6 is 0 Å². The van der Waals surface area contributed by atoms with E-state index in [1.165, 1.54) is 16.7 Å².